The van der Waals surface area contributed by atoms with Gasteiger partial charge in [0.15, 0.2) is 5.60 Å². The van der Waals surface area contributed by atoms with Gasteiger partial charge in [0.2, 0.25) is 5.91 Å². The van der Waals surface area contributed by atoms with Crippen molar-refractivity contribution in [2.24, 2.45) is 11.7 Å². The topological polar surface area (TPSA) is 84.7 Å². The van der Waals surface area contributed by atoms with Crippen molar-refractivity contribution in [3.05, 3.63) is 28.8 Å². The lowest BCUT2D eigenvalue weighted by Crippen LogP contribution is -2.46. The summed E-state index contributed by atoms with van der Waals surface area (Å²) < 4.78 is 5.63. The third-order valence-electron chi connectivity index (χ3n) is 5.14. The van der Waals surface area contributed by atoms with Crippen molar-refractivity contribution in [3.63, 3.8) is 0 Å². The standard InChI is InChI=1S/C17H20ClN3O3.ClH/c18-11-3-4-14-12(8-11)17(24-16(23)20-14)5-6-21(9-17)15(22)13(19)7-10-1-2-10;/h3-4,8,10,13H,1-2,5-7,9,19H2,(H,20,23);1H/t13-,17?;/m0./s1. The second kappa shape index (κ2) is 6.67. The van der Waals surface area contributed by atoms with Crippen LogP contribution < -0.4 is 11.1 Å². The molecule has 2 heterocycles. The maximum Gasteiger partial charge on any atom is 0.412 e. The van der Waals surface area contributed by atoms with Gasteiger partial charge < -0.3 is 15.4 Å². The largest absolute Gasteiger partial charge is 0.436 e. The van der Waals surface area contributed by atoms with Crippen LogP contribution in [-0.4, -0.2) is 36.0 Å². The highest BCUT2D eigenvalue weighted by atomic mass is 35.5. The third kappa shape index (κ3) is 3.43. The molecule has 1 saturated heterocycles. The van der Waals surface area contributed by atoms with E-state index in [2.05, 4.69) is 5.32 Å². The Kier molecular flexibility index (Phi) is 4.88. The van der Waals surface area contributed by atoms with Crippen molar-refractivity contribution < 1.29 is 14.3 Å². The molecule has 2 fully saturated rings. The summed E-state index contributed by atoms with van der Waals surface area (Å²) in [5.74, 6) is 0.536. The zero-order valence-corrected chi connectivity index (χ0v) is 15.2. The van der Waals surface area contributed by atoms with E-state index in [1.54, 1.807) is 23.1 Å². The van der Waals surface area contributed by atoms with Gasteiger partial charge in [-0.05, 0) is 30.5 Å². The van der Waals surface area contributed by atoms with Crippen molar-refractivity contribution >= 4 is 41.7 Å². The van der Waals surface area contributed by atoms with E-state index in [0.717, 1.165) is 12.0 Å². The zero-order chi connectivity index (χ0) is 16.9. The Bertz CT molecular complexity index is 710. The summed E-state index contributed by atoms with van der Waals surface area (Å²) in [4.78, 5) is 26.3. The molecule has 4 rings (SSSR count). The minimum absolute atomic E-state index is 0. The second-order valence-electron chi connectivity index (χ2n) is 6.99. The Morgan fingerprint density at radius 2 is 2.24 bits per heavy atom. The number of hydrogen-bond acceptors (Lipinski definition) is 4. The molecule has 2 atom stereocenters. The van der Waals surface area contributed by atoms with E-state index in [1.807, 2.05) is 0 Å². The second-order valence-corrected chi connectivity index (χ2v) is 7.43. The fourth-order valence-electron chi connectivity index (χ4n) is 3.69. The number of amides is 2. The lowest BCUT2D eigenvalue weighted by Gasteiger charge is -2.35. The highest BCUT2D eigenvalue weighted by Gasteiger charge is 2.49. The Balaban J connectivity index is 0.00000182. The third-order valence-corrected chi connectivity index (χ3v) is 5.38. The average Bonchev–Trinajstić information content (AvgIpc) is 3.26. The number of fused-ring (bicyclic) bond motifs is 2. The number of nitrogens with one attached hydrogen (secondary N) is 1. The van der Waals surface area contributed by atoms with Crippen molar-refractivity contribution in [2.45, 2.75) is 37.3 Å². The van der Waals surface area contributed by atoms with Crippen LogP contribution in [0.2, 0.25) is 5.02 Å². The number of halogens is 2. The maximum atomic E-state index is 12.6. The molecule has 6 nitrogen and oxygen atoms in total. The fraction of sp³-hybridized carbons (Fsp3) is 0.529. The van der Waals surface area contributed by atoms with E-state index in [4.69, 9.17) is 22.1 Å². The van der Waals surface area contributed by atoms with Gasteiger partial charge in [-0.3, -0.25) is 10.1 Å². The van der Waals surface area contributed by atoms with Crippen LogP contribution in [0.25, 0.3) is 0 Å². The van der Waals surface area contributed by atoms with Crippen LogP contribution in [0, 0.1) is 5.92 Å². The molecular weight excluding hydrogens is 365 g/mol. The van der Waals surface area contributed by atoms with Gasteiger partial charge in [-0.25, -0.2) is 4.79 Å². The molecule has 1 saturated carbocycles. The van der Waals surface area contributed by atoms with Crippen molar-refractivity contribution in [1.82, 2.24) is 4.90 Å². The molecule has 1 aromatic carbocycles. The molecule has 2 aliphatic heterocycles. The van der Waals surface area contributed by atoms with Crippen LogP contribution in [0.1, 0.15) is 31.2 Å². The van der Waals surface area contributed by atoms with Crippen LogP contribution in [-0.2, 0) is 15.1 Å². The van der Waals surface area contributed by atoms with E-state index in [-0.39, 0.29) is 18.3 Å². The van der Waals surface area contributed by atoms with Gasteiger partial charge >= 0.3 is 6.09 Å². The SMILES string of the molecule is Cl.N[C@@H](CC1CC1)C(=O)N1CCC2(C1)OC(=O)Nc1ccc(Cl)cc12. The Morgan fingerprint density at radius 3 is 2.96 bits per heavy atom. The summed E-state index contributed by atoms with van der Waals surface area (Å²) in [6.45, 7) is 0.849. The molecule has 1 aromatic rings. The molecule has 0 aromatic heterocycles. The first kappa shape index (κ1) is 18.3. The highest BCUT2D eigenvalue weighted by Crippen LogP contribution is 2.44. The fourth-order valence-corrected chi connectivity index (χ4v) is 3.86. The number of anilines is 1. The molecule has 0 radical (unpaired) electrons. The van der Waals surface area contributed by atoms with E-state index in [9.17, 15) is 9.59 Å². The van der Waals surface area contributed by atoms with Gasteiger partial charge in [0.1, 0.15) is 0 Å². The Labute approximate surface area is 157 Å². The van der Waals surface area contributed by atoms with Crippen molar-refractivity contribution in [3.8, 4) is 0 Å². The van der Waals surface area contributed by atoms with Gasteiger partial charge in [-0.2, -0.15) is 0 Å². The Morgan fingerprint density at radius 1 is 1.48 bits per heavy atom. The summed E-state index contributed by atoms with van der Waals surface area (Å²) in [5, 5.41) is 3.26. The molecule has 3 aliphatic rings. The highest BCUT2D eigenvalue weighted by molar-refractivity contribution is 6.30. The molecule has 1 aliphatic carbocycles. The predicted octanol–water partition coefficient (Wildman–Crippen LogP) is 2.88. The molecule has 0 bridgehead atoms. The van der Waals surface area contributed by atoms with Crippen LogP contribution in [0.4, 0.5) is 10.5 Å². The maximum absolute atomic E-state index is 12.6. The summed E-state index contributed by atoms with van der Waals surface area (Å²) in [6, 6.07) is 4.82. The smallest absolute Gasteiger partial charge is 0.412 e. The predicted molar refractivity (Wildman–Crippen MR) is 97.0 cm³/mol. The first-order valence-corrected chi connectivity index (χ1v) is 8.69. The zero-order valence-electron chi connectivity index (χ0n) is 13.7. The first-order valence-electron chi connectivity index (χ1n) is 8.31. The van der Waals surface area contributed by atoms with Gasteiger partial charge in [0, 0.05) is 23.6 Å². The van der Waals surface area contributed by atoms with Gasteiger partial charge in [-0.1, -0.05) is 24.4 Å². The van der Waals surface area contributed by atoms with Crippen molar-refractivity contribution in [1.29, 1.82) is 0 Å². The number of carbonyl (C=O) groups excluding carboxylic acids is 2. The van der Waals surface area contributed by atoms with Crippen LogP contribution >= 0.6 is 24.0 Å². The van der Waals surface area contributed by atoms with Crippen molar-refractivity contribution in [2.75, 3.05) is 18.4 Å². The summed E-state index contributed by atoms with van der Waals surface area (Å²) in [6.07, 6.45) is 3.13. The molecule has 3 N–H and O–H groups in total. The number of benzene rings is 1. The summed E-state index contributed by atoms with van der Waals surface area (Å²) >= 11 is 6.12. The minimum atomic E-state index is -0.836. The quantitative estimate of drug-likeness (QED) is 0.837. The van der Waals surface area contributed by atoms with Crippen LogP contribution in [0.15, 0.2) is 18.2 Å². The number of hydrogen-bond donors (Lipinski definition) is 2. The molecular formula is C17H21Cl2N3O3. The molecule has 136 valence electrons. The number of nitrogens with zero attached hydrogens (tertiary/aromatic N) is 1. The number of likely N-dealkylation sites (tertiary alicyclic amines) is 1. The number of nitrogens with two attached hydrogens (primary N) is 1. The molecule has 2 amide bonds. The monoisotopic (exact) mass is 385 g/mol. The molecule has 8 heteroatoms. The lowest BCUT2D eigenvalue weighted by molar-refractivity contribution is -0.132. The van der Waals surface area contributed by atoms with Crippen LogP contribution in [0.5, 0.6) is 0 Å². The molecule has 1 spiro atoms. The van der Waals surface area contributed by atoms with E-state index < -0.39 is 17.7 Å². The van der Waals surface area contributed by atoms with Crippen LogP contribution in [0.3, 0.4) is 0 Å². The lowest BCUT2D eigenvalue weighted by atomic mass is 9.90. The number of ether oxygens (including phenoxy) is 1. The summed E-state index contributed by atoms with van der Waals surface area (Å²) in [7, 11) is 0. The van der Waals surface area contributed by atoms with E-state index in [0.29, 0.717) is 36.1 Å². The Hall–Kier alpha value is -1.50. The molecule has 25 heavy (non-hydrogen) atoms. The summed E-state index contributed by atoms with van der Waals surface area (Å²) in [5.41, 5.74) is 6.74. The first-order chi connectivity index (χ1) is 11.5. The van der Waals surface area contributed by atoms with Gasteiger partial charge in [-0.15, -0.1) is 12.4 Å². The average molecular weight is 386 g/mol. The van der Waals surface area contributed by atoms with E-state index in [1.165, 1.54) is 12.8 Å². The van der Waals surface area contributed by atoms with Gasteiger partial charge in [0.05, 0.1) is 18.3 Å². The minimum Gasteiger partial charge on any atom is -0.436 e. The van der Waals surface area contributed by atoms with Gasteiger partial charge in [0.25, 0.3) is 0 Å². The number of carbonyl (C=O) groups is 2. The van der Waals surface area contributed by atoms with E-state index >= 15 is 0 Å². The molecule has 1 unspecified atom stereocenters. The number of rotatable bonds is 3. The normalized spacial score (nSPS) is 25.7.